The van der Waals surface area contributed by atoms with Crippen molar-refractivity contribution in [2.45, 2.75) is 25.2 Å². The topological polar surface area (TPSA) is 42.2 Å². The highest BCUT2D eigenvalue weighted by Gasteiger charge is 2.12. The van der Waals surface area contributed by atoms with Crippen LogP contribution in [0.15, 0.2) is 52.0 Å². The molecule has 0 bridgehead atoms. The van der Waals surface area contributed by atoms with Crippen LogP contribution in [0.2, 0.25) is 0 Å². The summed E-state index contributed by atoms with van der Waals surface area (Å²) in [7, 11) is 0. The van der Waals surface area contributed by atoms with Gasteiger partial charge in [0, 0.05) is 21.5 Å². The van der Waals surface area contributed by atoms with Gasteiger partial charge in [0.1, 0.15) is 5.58 Å². The number of carbonyl (C=O) groups excluding carboxylic acids is 1. The van der Waals surface area contributed by atoms with E-state index in [1.165, 1.54) is 11.1 Å². The Morgan fingerprint density at radius 2 is 1.96 bits per heavy atom. The van der Waals surface area contributed by atoms with Gasteiger partial charge < -0.3 is 9.73 Å². The summed E-state index contributed by atoms with van der Waals surface area (Å²) in [5.41, 5.74) is 4.97. The highest BCUT2D eigenvalue weighted by Crippen LogP contribution is 2.25. The lowest BCUT2D eigenvalue weighted by Gasteiger charge is -2.06. The van der Waals surface area contributed by atoms with E-state index in [4.69, 9.17) is 4.42 Å². The molecule has 0 fully saturated rings. The van der Waals surface area contributed by atoms with Gasteiger partial charge >= 0.3 is 0 Å². The van der Waals surface area contributed by atoms with Gasteiger partial charge in [-0.05, 0) is 61.6 Å². The number of nitrogens with one attached hydrogen (secondary N) is 1. The third-order valence-corrected chi connectivity index (χ3v) is 4.70. The molecule has 1 aromatic heterocycles. The van der Waals surface area contributed by atoms with E-state index < -0.39 is 0 Å². The van der Waals surface area contributed by atoms with Crippen molar-refractivity contribution in [1.29, 1.82) is 0 Å². The minimum absolute atomic E-state index is 0.0378. The molecule has 2 aromatic carbocycles. The molecule has 3 rings (SSSR count). The second-order valence-electron chi connectivity index (χ2n) is 5.65. The molecule has 3 nitrogen and oxygen atoms in total. The molecule has 0 saturated heterocycles. The van der Waals surface area contributed by atoms with Crippen molar-refractivity contribution in [3.05, 3.63) is 59.4 Å². The number of hydrogen-bond donors (Lipinski definition) is 1. The lowest BCUT2D eigenvalue weighted by atomic mass is 10.0. The van der Waals surface area contributed by atoms with Crippen molar-refractivity contribution in [2.75, 3.05) is 11.6 Å². The van der Waals surface area contributed by atoms with Crippen molar-refractivity contribution in [3.63, 3.8) is 0 Å². The zero-order chi connectivity index (χ0) is 16.4. The molecule has 1 heterocycles. The van der Waals surface area contributed by atoms with Crippen molar-refractivity contribution >= 4 is 34.3 Å². The minimum Gasteiger partial charge on any atom is -0.464 e. The van der Waals surface area contributed by atoms with E-state index in [-0.39, 0.29) is 5.91 Å². The number of rotatable bonds is 4. The second kappa shape index (κ2) is 6.50. The van der Waals surface area contributed by atoms with Crippen LogP contribution >= 0.6 is 11.8 Å². The molecule has 1 amide bonds. The van der Waals surface area contributed by atoms with E-state index in [9.17, 15) is 4.79 Å². The number of anilines is 1. The summed E-state index contributed by atoms with van der Waals surface area (Å²) in [5, 5.41) is 3.97. The van der Waals surface area contributed by atoms with Crippen LogP contribution < -0.4 is 5.32 Å². The predicted molar refractivity (Wildman–Crippen MR) is 96.2 cm³/mol. The average molecular weight is 325 g/mol. The lowest BCUT2D eigenvalue weighted by molar-refractivity contribution is -0.115. The number of aryl methyl sites for hydroxylation is 2. The Balaban J connectivity index is 1.79. The molecule has 0 aliphatic rings. The van der Waals surface area contributed by atoms with Gasteiger partial charge in [0.25, 0.3) is 0 Å². The van der Waals surface area contributed by atoms with Crippen LogP contribution in [0.5, 0.6) is 0 Å². The monoisotopic (exact) mass is 325 g/mol. The molecule has 1 N–H and O–H groups in total. The zero-order valence-corrected chi connectivity index (χ0v) is 14.3. The van der Waals surface area contributed by atoms with E-state index >= 15 is 0 Å². The fraction of sp³-hybridized carbons (Fsp3) is 0.211. The molecule has 4 heteroatoms. The lowest BCUT2D eigenvalue weighted by Crippen LogP contribution is -2.14. The van der Waals surface area contributed by atoms with Crippen LogP contribution in [0.3, 0.4) is 0 Å². The summed E-state index contributed by atoms with van der Waals surface area (Å²) in [6.45, 7) is 4.13. The summed E-state index contributed by atoms with van der Waals surface area (Å²) >= 11 is 1.65. The molecule has 0 unspecified atom stereocenters. The van der Waals surface area contributed by atoms with Crippen molar-refractivity contribution in [3.8, 4) is 0 Å². The maximum Gasteiger partial charge on any atom is 0.228 e. The molecule has 0 atom stereocenters. The van der Waals surface area contributed by atoms with Gasteiger partial charge in [-0.3, -0.25) is 4.79 Å². The number of furan rings is 1. The van der Waals surface area contributed by atoms with Crippen LogP contribution in [0.1, 0.15) is 16.7 Å². The van der Waals surface area contributed by atoms with Crippen LogP contribution in [-0.4, -0.2) is 12.2 Å². The van der Waals surface area contributed by atoms with Crippen molar-refractivity contribution < 1.29 is 9.21 Å². The molecule has 23 heavy (non-hydrogen) atoms. The van der Waals surface area contributed by atoms with Crippen LogP contribution in [-0.2, 0) is 11.2 Å². The maximum absolute atomic E-state index is 12.3. The van der Waals surface area contributed by atoms with Gasteiger partial charge in [-0.15, -0.1) is 11.8 Å². The first-order valence-electron chi connectivity index (χ1n) is 7.48. The third-order valence-electron chi connectivity index (χ3n) is 3.97. The largest absolute Gasteiger partial charge is 0.464 e. The predicted octanol–water partition coefficient (Wildman–Crippen LogP) is 4.95. The Labute approximate surface area is 140 Å². The summed E-state index contributed by atoms with van der Waals surface area (Å²) in [5.74, 6) is -0.0378. The van der Waals surface area contributed by atoms with E-state index in [2.05, 4.69) is 25.2 Å². The fourth-order valence-corrected chi connectivity index (χ4v) is 3.01. The quantitative estimate of drug-likeness (QED) is 0.690. The number of fused-ring (bicyclic) bond motifs is 1. The molecular formula is C19H19NO2S. The van der Waals surface area contributed by atoms with Gasteiger partial charge in [-0.2, -0.15) is 0 Å². The molecule has 118 valence electrons. The SMILES string of the molecule is CSc1cccc(NC(=O)Cc2coc3cc(C)c(C)cc23)c1. The van der Waals surface area contributed by atoms with Crippen LogP contribution in [0.25, 0.3) is 11.0 Å². The third kappa shape index (κ3) is 3.42. The summed E-state index contributed by atoms with van der Waals surface area (Å²) in [6.07, 6.45) is 4.00. The molecule has 0 saturated carbocycles. The fourth-order valence-electron chi connectivity index (χ4n) is 2.55. The van der Waals surface area contributed by atoms with Gasteiger partial charge in [0.15, 0.2) is 0 Å². The normalized spacial score (nSPS) is 10.9. The van der Waals surface area contributed by atoms with E-state index in [1.807, 2.05) is 36.6 Å². The Hall–Kier alpha value is -2.20. The smallest absolute Gasteiger partial charge is 0.228 e. The molecule has 0 spiro atoms. The summed E-state index contributed by atoms with van der Waals surface area (Å²) < 4.78 is 5.59. The Morgan fingerprint density at radius 1 is 1.17 bits per heavy atom. The molecule has 3 aromatic rings. The number of carbonyl (C=O) groups is 1. The maximum atomic E-state index is 12.3. The first kappa shape index (κ1) is 15.7. The first-order chi connectivity index (χ1) is 11.1. The van der Waals surface area contributed by atoms with E-state index in [1.54, 1.807) is 18.0 Å². The Kier molecular flexibility index (Phi) is 4.44. The second-order valence-corrected chi connectivity index (χ2v) is 6.53. The van der Waals surface area contributed by atoms with Gasteiger partial charge in [0.2, 0.25) is 5.91 Å². The highest BCUT2D eigenvalue weighted by molar-refractivity contribution is 7.98. The summed E-state index contributed by atoms with van der Waals surface area (Å²) in [4.78, 5) is 13.4. The Bertz CT molecular complexity index is 867. The number of thioether (sulfide) groups is 1. The van der Waals surface area contributed by atoms with Gasteiger partial charge in [0.05, 0.1) is 12.7 Å². The van der Waals surface area contributed by atoms with Gasteiger partial charge in [-0.1, -0.05) is 6.07 Å². The van der Waals surface area contributed by atoms with Crippen molar-refractivity contribution in [2.24, 2.45) is 0 Å². The van der Waals surface area contributed by atoms with Gasteiger partial charge in [-0.25, -0.2) is 0 Å². The molecule has 0 aliphatic heterocycles. The van der Waals surface area contributed by atoms with Crippen LogP contribution in [0.4, 0.5) is 5.69 Å². The minimum atomic E-state index is -0.0378. The van der Waals surface area contributed by atoms with E-state index in [0.717, 1.165) is 27.1 Å². The highest BCUT2D eigenvalue weighted by atomic mass is 32.2. The van der Waals surface area contributed by atoms with Crippen molar-refractivity contribution in [1.82, 2.24) is 0 Å². The van der Waals surface area contributed by atoms with E-state index in [0.29, 0.717) is 6.42 Å². The van der Waals surface area contributed by atoms with Crippen LogP contribution in [0, 0.1) is 13.8 Å². The number of benzene rings is 2. The average Bonchev–Trinajstić information content (AvgIpc) is 2.90. The summed E-state index contributed by atoms with van der Waals surface area (Å²) in [6, 6.07) is 12.0. The number of amides is 1. The Morgan fingerprint density at radius 3 is 2.74 bits per heavy atom. The molecule has 0 aliphatic carbocycles. The molecule has 0 radical (unpaired) electrons. The molecular weight excluding hydrogens is 306 g/mol. The number of hydrogen-bond acceptors (Lipinski definition) is 3. The zero-order valence-electron chi connectivity index (χ0n) is 13.5. The standard InChI is InChI=1S/C19H19NO2S/c1-12-7-17-14(11-22-18(17)8-13(12)2)9-19(21)20-15-5-4-6-16(10-15)23-3/h4-8,10-11H,9H2,1-3H3,(H,20,21). The first-order valence-corrected chi connectivity index (χ1v) is 8.70.